The molecule has 0 fully saturated rings. The fourth-order valence-electron chi connectivity index (χ4n) is 2.33. The Bertz CT molecular complexity index is 868. The van der Waals surface area contributed by atoms with Crippen LogP contribution in [0.4, 0.5) is 5.00 Å². The standard InChI is InChI=1S/C18H19N3O4S2/c1-11(17(23)21(3)8-5-7-19)25-18(24)15-13(14-6-4-9-26-14)10-27-16(15)20-12(2)22/h4,6,9-11H,5,8H2,1-3H3,(H,20,22)/t11-/m0/s1. The highest BCUT2D eigenvalue weighted by Gasteiger charge is 2.27. The summed E-state index contributed by atoms with van der Waals surface area (Å²) < 4.78 is 5.37. The van der Waals surface area contributed by atoms with Crippen LogP contribution in [0.5, 0.6) is 0 Å². The summed E-state index contributed by atoms with van der Waals surface area (Å²) >= 11 is 2.69. The van der Waals surface area contributed by atoms with Crippen molar-refractivity contribution in [2.75, 3.05) is 18.9 Å². The van der Waals surface area contributed by atoms with Gasteiger partial charge in [-0.25, -0.2) is 4.79 Å². The van der Waals surface area contributed by atoms with Crippen LogP contribution >= 0.6 is 22.7 Å². The molecule has 0 aliphatic carbocycles. The summed E-state index contributed by atoms with van der Waals surface area (Å²) in [5.74, 6) is -1.38. The SMILES string of the molecule is CC(=O)Nc1scc(-c2cccs2)c1C(=O)O[C@@H](C)C(=O)N(C)CCC#N. The van der Waals surface area contributed by atoms with Gasteiger partial charge in [-0.3, -0.25) is 9.59 Å². The van der Waals surface area contributed by atoms with Crippen LogP contribution in [-0.4, -0.2) is 42.4 Å². The molecule has 0 radical (unpaired) electrons. The smallest absolute Gasteiger partial charge is 0.342 e. The molecule has 0 aromatic carbocycles. The lowest BCUT2D eigenvalue weighted by Crippen LogP contribution is -2.38. The van der Waals surface area contributed by atoms with E-state index in [-0.39, 0.29) is 24.4 Å². The summed E-state index contributed by atoms with van der Waals surface area (Å²) in [6, 6.07) is 5.69. The zero-order valence-corrected chi connectivity index (χ0v) is 16.8. The van der Waals surface area contributed by atoms with Gasteiger partial charge in [0, 0.05) is 36.3 Å². The van der Waals surface area contributed by atoms with Crippen molar-refractivity contribution < 1.29 is 19.1 Å². The highest BCUT2D eigenvalue weighted by atomic mass is 32.1. The molecule has 142 valence electrons. The van der Waals surface area contributed by atoms with E-state index in [1.165, 1.54) is 41.4 Å². The minimum Gasteiger partial charge on any atom is -0.449 e. The number of hydrogen-bond acceptors (Lipinski definition) is 7. The number of amides is 2. The van der Waals surface area contributed by atoms with Crippen molar-refractivity contribution in [3.05, 3.63) is 28.5 Å². The number of anilines is 1. The Labute approximate surface area is 165 Å². The number of ether oxygens (including phenoxy) is 1. The molecule has 0 saturated carbocycles. The number of carbonyl (C=O) groups is 3. The van der Waals surface area contributed by atoms with Gasteiger partial charge in [0.05, 0.1) is 12.5 Å². The number of hydrogen-bond donors (Lipinski definition) is 1. The number of nitriles is 1. The molecule has 2 aromatic rings. The first kappa shape index (κ1) is 20.6. The Balaban J connectivity index is 2.24. The van der Waals surface area contributed by atoms with E-state index < -0.39 is 18.0 Å². The molecule has 27 heavy (non-hydrogen) atoms. The van der Waals surface area contributed by atoms with Crippen molar-refractivity contribution >= 4 is 45.5 Å². The number of nitrogens with zero attached hydrogens (tertiary/aromatic N) is 2. The van der Waals surface area contributed by atoms with E-state index in [0.717, 1.165) is 4.88 Å². The Hall–Kier alpha value is -2.70. The number of esters is 1. The average molecular weight is 406 g/mol. The van der Waals surface area contributed by atoms with Crippen LogP contribution in [0.15, 0.2) is 22.9 Å². The van der Waals surface area contributed by atoms with Crippen molar-refractivity contribution in [2.45, 2.75) is 26.4 Å². The summed E-state index contributed by atoms with van der Waals surface area (Å²) in [7, 11) is 1.55. The normalized spacial score (nSPS) is 11.3. The van der Waals surface area contributed by atoms with E-state index in [1.54, 1.807) is 12.4 Å². The lowest BCUT2D eigenvalue weighted by molar-refractivity contribution is -0.138. The van der Waals surface area contributed by atoms with E-state index in [0.29, 0.717) is 10.6 Å². The number of nitrogens with one attached hydrogen (secondary N) is 1. The second-order valence-electron chi connectivity index (χ2n) is 5.73. The molecule has 2 aromatic heterocycles. The van der Waals surface area contributed by atoms with Gasteiger partial charge in [0.2, 0.25) is 5.91 Å². The quantitative estimate of drug-likeness (QED) is 0.712. The Kier molecular flexibility index (Phi) is 7.10. The van der Waals surface area contributed by atoms with Crippen LogP contribution in [-0.2, 0) is 14.3 Å². The maximum atomic E-state index is 12.8. The van der Waals surface area contributed by atoms with Crippen LogP contribution in [0.25, 0.3) is 10.4 Å². The van der Waals surface area contributed by atoms with Crippen LogP contribution in [0.1, 0.15) is 30.6 Å². The first-order chi connectivity index (χ1) is 12.8. The zero-order chi connectivity index (χ0) is 20.0. The molecule has 0 aliphatic heterocycles. The summed E-state index contributed by atoms with van der Waals surface area (Å²) in [6.07, 6.45) is -0.815. The molecule has 1 N–H and O–H groups in total. The van der Waals surface area contributed by atoms with E-state index in [1.807, 2.05) is 23.6 Å². The van der Waals surface area contributed by atoms with Crippen molar-refractivity contribution in [1.29, 1.82) is 5.26 Å². The molecule has 0 aliphatic rings. The molecule has 0 saturated heterocycles. The summed E-state index contributed by atoms with van der Waals surface area (Å²) in [5, 5.41) is 15.3. The maximum absolute atomic E-state index is 12.8. The largest absolute Gasteiger partial charge is 0.449 e. The Morgan fingerprint density at radius 3 is 2.70 bits per heavy atom. The van der Waals surface area contributed by atoms with E-state index in [4.69, 9.17) is 10.00 Å². The Morgan fingerprint density at radius 2 is 2.11 bits per heavy atom. The number of thiophene rings is 2. The second-order valence-corrected chi connectivity index (χ2v) is 7.55. The van der Waals surface area contributed by atoms with Crippen molar-refractivity contribution in [1.82, 2.24) is 4.90 Å². The van der Waals surface area contributed by atoms with E-state index in [9.17, 15) is 14.4 Å². The topological polar surface area (TPSA) is 99.5 Å². The van der Waals surface area contributed by atoms with Gasteiger partial charge in [-0.2, -0.15) is 5.26 Å². The number of likely N-dealkylation sites (N-methyl/N-ethyl adjacent to an activating group) is 1. The van der Waals surface area contributed by atoms with Gasteiger partial charge in [0.1, 0.15) is 10.6 Å². The highest BCUT2D eigenvalue weighted by Crippen LogP contribution is 2.38. The summed E-state index contributed by atoms with van der Waals surface area (Å²) in [4.78, 5) is 38.8. The molecule has 0 spiro atoms. The molecule has 0 unspecified atom stereocenters. The van der Waals surface area contributed by atoms with Crippen LogP contribution < -0.4 is 5.32 Å². The second kappa shape index (κ2) is 9.30. The summed E-state index contributed by atoms with van der Waals surface area (Å²) in [6.45, 7) is 3.10. The zero-order valence-electron chi connectivity index (χ0n) is 15.1. The first-order valence-electron chi connectivity index (χ1n) is 8.11. The monoisotopic (exact) mass is 405 g/mol. The maximum Gasteiger partial charge on any atom is 0.342 e. The van der Waals surface area contributed by atoms with Crippen molar-refractivity contribution in [2.24, 2.45) is 0 Å². The molecular weight excluding hydrogens is 386 g/mol. The third-order valence-corrected chi connectivity index (χ3v) is 5.44. The highest BCUT2D eigenvalue weighted by molar-refractivity contribution is 7.17. The lowest BCUT2D eigenvalue weighted by atomic mass is 10.1. The van der Waals surface area contributed by atoms with Crippen LogP contribution in [0.2, 0.25) is 0 Å². The van der Waals surface area contributed by atoms with Gasteiger partial charge in [-0.05, 0) is 18.4 Å². The lowest BCUT2D eigenvalue weighted by Gasteiger charge is -2.20. The molecule has 2 rings (SSSR count). The Morgan fingerprint density at radius 1 is 1.37 bits per heavy atom. The van der Waals surface area contributed by atoms with Gasteiger partial charge in [0.25, 0.3) is 5.91 Å². The van der Waals surface area contributed by atoms with Crippen LogP contribution in [0.3, 0.4) is 0 Å². The first-order valence-corrected chi connectivity index (χ1v) is 9.87. The molecule has 2 amide bonds. The fourth-order valence-corrected chi connectivity index (χ4v) is 4.15. The third kappa shape index (κ3) is 5.15. The predicted molar refractivity (Wildman–Crippen MR) is 105 cm³/mol. The van der Waals surface area contributed by atoms with Crippen LogP contribution in [0, 0.1) is 11.3 Å². The molecule has 2 heterocycles. The molecule has 1 atom stereocenters. The minimum absolute atomic E-state index is 0.197. The molecular formula is C18H19N3O4S2. The summed E-state index contributed by atoms with van der Waals surface area (Å²) in [5.41, 5.74) is 0.887. The predicted octanol–water partition coefficient (Wildman–Crippen LogP) is 3.35. The number of carbonyl (C=O) groups excluding carboxylic acids is 3. The van der Waals surface area contributed by atoms with Crippen molar-refractivity contribution in [3.63, 3.8) is 0 Å². The molecule has 0 bridgehead atoms. The van der Waals surface area contributed by atoms with Gasteiger partial charge >= 0.3 is 5.97 Å². The van der Waals surface area contributed by atoms with Gasteiger partial charge < -0.3 is 15.0 Å². The van der Waals surface area contributed by atoms with Gasteiger partial charge in [-0.15, -0.1) is 22.7 Å². The third-order valence-electron chi connectivity index (χ3n) is 3.64. The molecule has 7 nitrogen and oxygen atoms in total. The van der Waals surface area contributed by atoms with Crippen molar-refractivity contribution in [3.8, 4) is 16.5 Å². The average Bonchev–Trinajstić information content (AvgIpc) is 3.27. The van der Waals surface area contributed by atoms with Gasteiger partial charge in [-0.1, -0.05) is 6.07 Å². The van der Waals surface area contributed by atoms with E-state index >= 15 is 0 Å². The van der Waals surface area contributed by atoms with Gasteiger partial charge in [0.15, 0.2) is 6.10 Å². The minimum atomic E-state index is -1.01. The van der Waals surface area contributed by atoms with E-state index in [2.05, 4.69) is 5.32 Å². The fraction of sp³-hybridized carbons (Fsp3) is 0.333. The number of rotatable bonds is 7. The molecule has 9 heteroatoms.